The van der Waals surface area contributed by atoms with E-state index >= 15 is 0 Å². The van der Waals surface area contributed by atoms with Gasteiger partial charge in [0.1, 0.15) is 5.82 Å². The number of fused-ring (bicyclic) bond motifs is 1. The molecular formula is C18H17FN2. The molecule has 1 aromatic heterocycles. The first-order valence-electron chi connectivity index (χ1n) is 6.97. The third-order valence-electron chi connectivity index (χ3n) is 3.74. The minimum absolute atomic E-state index is 0.194. The van der Waals surface area contributed by atoms with Gasteiger partial charge in [-0.2, -0.15) is 0 Å². The van der Waals surface area contributed by atoms with E-state index in [1.54, 1.807) is 12.3 Å². The maximum absolute atomic E-state index is 14.2. The molecule has 0 aliphatic rings. The highest BCUT2D eigenvalue weighted by Crippen LogP contribution is 2.29. The molecule has 1 atom stereocenters. The van der Waals surface area contributed by atoms with E-state index in [1.165, 1.54) is 6.07 Å². The van der Waals surface area contributed by atoms with E-state index in [4.69, 9.17) is 0 Å². The van der Waals surface area contributed by atoms with E-state index in [2.05, 4.69) is 10.3 Å². The molecule has 3 aromatic rings. The normalized spacial score (nSPS) is 12.5. The zero-order chi connectivity index (χ0) is 14.8. The summed E-state index contributed by atoms with van der Waals surface area (Å²) in [4.78, 5) is 4.37. The van der Waals surface area contributed by atoms with E-state index in [1.807, 2.05) is 50.4 Å². The minimum atomic E-state index is -0.196. The molecule has 0 aliphatic heterocycles. The number of hydrogen-bond donors (Lipinski definition) is 1. The fraction of sp³-hybridized carbons (Fsp3) is 0.167. The van der Waals surface area contributed by atoms with Crippen molar-refractivity contribution in [2.24, 2.45) is 0 Å². The fourth-order valence-corrected chi connectivity index (χ4v) is 2.74. The molecule has 1 N–H and O–H groups in total. The molecule has 0 bridgehead atoms. The van der Waals surface area contributed by atoms with Gasteiger partial charge in [0, 0.05) is 17.1 Å². The van der Waals surface area contributed by atoms with Crippen LogP contribution in [0.15, 0.2) is 54.7 Å². The van der Waals surface area contributed by atoms with E-state index in [0.29, 0.717) is 5.56 Å². The van der Waals surface area contributed by atoms with Crippen molar-refractivity contribution in [2.75, 3.05) is 7.05 Å². The Morgan fingerprint density at radius 2 is 1.90 bits per heavy atom. The summed E-state index contributed by atoms with van der Waals surface area (Å²) in [7, 11) is 1.85. The third kappa shape index (κ3) is 2.52. The Morgan fingerprint density at radius 3 is 2.71 bits per heavy atom. The van der Waals surface area contributed by atoms with Crippen LogP contribution in [0, 0.1) is 12.7 Å². The van der Waals surface area contributed by atoms with Gasteiger partial charge in [-0.3, -0.25) is 4.98 Å². The van der Waals surface area contributed by atoms with Crippen LogP contribution in [-0.4, -0.2) is 12.0 Å². The molecule has 1 unspecified atom stereocenters. The Labute approximate surface area is 123 Å². The SMILES string of the molecule is CNC(c1cc(C)ccc1F)c1cccc2ncccc12. The number of aryl methyl sites for hydroxylation is 1. The first-order valence-corrected chi connectivity index (χ1v) is 6.97. The second kappa shape index (κ2) is 5.62. The van der Waals surface area contributed by atoms with Crippen LogP contribution in [0.25, 0.3) is 10.9 Å². The molecule has 3 heteroatoms. The number of rotatable bonds is 3. The average Bonchev–Trinajstić information content (AvgIpc) is 2.51. The summed E-state index contributed by atoms with van der Waals surface area (Å²) in [5.41, 5.74) is 3.66. The molecule has 0 aliphatic carbocycles. The number of nitrogens with zero attached hydrogens (tertiary/aromatic N) is 1. The molecular weight excluding hydrogens is 263 g/mol. The molecule has 0 amide bonds. The molecule has 0 saturated heterocycles. The Hall–Kier alpha value is -2.26. The number of halogens is 1. The highest BCUT2D eigenvalue weighted by molar-refractivity contribution is 5.83. The lowest BCUT2D eigenvalue weighted by molar-refractivity contribution is 0.577. The first kappa shape index (κ1) is 13.7. The van der Waals surface area contributed by atoms with Crippen molar-refractivity contribution in [2.45, 2.75) is 13.0 Å². The number of aromatic nitrogens is 1. The highest BCUT2D eigenvalue weighted by atomic mass is 19.1. The number of nitrogens with one attached hydrogen (secondary N) is 1. The summed E-state index contributed by atoms with van der Waals surface area (Å²) in [6.45, 7) is 1.97. The number of hydrogen-bond acceptors (Lipinski definition) is 2. The van der Waals surface area contributed by atoms with Gasteiger partial charge in [-0.15, -0.1) is 0 Å². The zero-order valence-electron chi connectivity index (χ0n) is 12.1. The van der Waals surface area contributed by atoms with Crippen LogP contribution in [-0.2, 0) is 0 Å². The number of benzene rings is 2. The first-order chi connectivity index (χ1) is 10.2. The molecule has 3 rings (SSSR count). The fourth-order valence-electron chi connectivity index (χ4n) is 2.74. The van der Waals surface area contributed by atoms with Gasteiger partial charge in [0.05, 0.1) is 11.6 Å². The molecule has 0 spiro atoms. The van der Waals surface area contributed by atoms with E-state index in [9.17, 15) is 4.39 Å². The quantitative estimate of drug-likeness (QED) is 0.784. The zero-order valence-corrected chi connectivity index (χ0v) is 12.1. The monoisotopic (exact) mass is 280 g/mol. The molecule has 106 valence electrons. The van der Waals surface area contributed by atoms with Crippen LogP contribution in [0.4, 0.5) is 4.39 Å². The molecule has 0 fully saturated rings. The Kier molecular flexibility index (Phi) is 3.67. The van der Waals surface area contributed by atoms with Crippen LogP contribution in [0.2, 0.25) is 0 Å². The Morgan fingerprint density at radius 1 is 1.05 bits per heavy atom. The van der Waals surface area contributed by atoms with Crippen molar-refractivity contribution in [1.29, 1.82) is 0 Å². The van der Waals surface area contributed by atoms with E-state index < -0.39 is 0 Å². The van der Waals surface area contributed by atoms with E-state index in [-0.39, 0.29) is 11.9 Å². The van der Waals surface area contributed by atoms with Gasteiger partial charge >= 0.3 is 0 Å². The second-order valence-electron chi connectivity index (χ2n) is 5.16. The molecule has 21 heavy (non-hydrogen) atoms. The van der Waals surface area contributed by atoms with Crippen LogP contribution in [0.1, 0.15) is 22.7 Å². The maximum atomic E-state index is 14.2. The predicted molar refractivity (Wildman–Crippen MR) is 83.8 cm³/mol. The van der Waals surface area contributed by atoms with Gasteiger partial charge in [-0.25, -0.2) is 4.39 Å². The van der Waals surface area contributed by atoms with Crippen molar-refractivity contribution in [3.05, 3.63) is 77.2 Å². The van der Waals surface area contributed by atoms with Gasteiger partial charge < -0.3 is 5.32 Å². The van der Waals surface area contributed by atoms with Crippen molar-refractivity contribution >= 4 is 10.9 Å². The summed E-state index contributed by atoms with van der Waals surface area (Å²) in [5.74, 6) is -0.194. The topological polar surface area (TPSA) is 24.9 Å². The van der Waals surface area contributed by atoms with Gasteiger partial charge in [0.2, 0.25) is 0 Å². The molecule has 1 heterocycles. The van der Waals surface area contributed by atoms with Gasteiger partial charge in [-0.1, -0.05) is 35.9 Å². The number of pyridine rings is 1. The van der Waals surface area contributed by atoms with Crippen LogP contribution < -0.4 is 5.32 Å². The molecule has 2 aromatic carbocycles. The average molecular weight is 280 g/mol. The summed E-state index contributed by atoms with van der Waals surface area (Å²) >= 11 is 0. The Balaban J connectivity index is 2.21. The molecule has 0 saturated carbocycles. The standard InChI is InChI=1S/C18H17FN2/c1-12-8-9-16(19)15(11-12)18(20-2)14-5-3-7-17-13(14)6-4-10-21-17/h3-11,18,20H,1-2H3. The smallest absolute Gasteiger partial charge is 0.128 e. The minimum Gasteiger partial charge on any atom is -0.309 e. The van der Waals surface area contributed by atoms with Crippen molar-refractivity contribution in [3.63, 3.8) is 0 Å². The van der Waals surface area contributed by atoms with Crippen LogP contribution in [0.3, 0.4) is 0 Å². The predicted octanol–water partition coefficient (Wildman–Crippen LogP) is 3.99. The summed E-state index contributed by atoms with van der Waals surface area (Å²) < 4.78 is 14.2. The third-order valence-corrected chi connectivity index (χ3v) is 3.74. The highest BCUT2D eigenvalue weighted by Gasteiger charge is 2.18. The van der Waals surface area contributed by atoms with Crippen molar-refractivity contribution in [3.8, 4) is 0 Å². The Bertz CT molecular complexity index is 778. The van der Waals surface area contributed by atoms with Crippen LogP contribution in [0.5, 0.6) is 0 Å². The second-order valence-corrected chi connectivity index (χ2v) is 5.16. The van der Waals surface area contributed by atoms with Crippen molar-refractivity contribution < 1.29 is 4.39 Å². The van der Waals surface area contributed by atoms with Gasteiger partial charge in [-0.05, 0) is 37.7 Å². The summed E-state index contributed by atoms with van der Waals surface area (Å²) in [6.07, 6.45) is 1.77. The van der Waals surface area contributed by atoms with Crippen molar-refractivity contribution in [1.82, 2.24) is 10.3 Å². The van der Waals surface area contributed by atoms with Gasteiger partial charge in [0.25, 0.3) is 0 Å². The summed E-state index contributed by atoms with van der Waals surface area (Å²) in [6, 6.07) is 14.9. The lowest BCUT2D eigenvalue weighted by Crippen LogP contribution is -2.19. The molecule has 0 radical (unpaired) electrons. The molecule has 2 nitrogen and oxygen atoms in total. The largest absolute Gasteiger partial charge is 0.309 e. The lowest BCUT2D eigenvalue weighted by Gasteiger charge is -2.20. The van der Waals surface area contributed by atoms with E-state index in [0.717, 1.165) is 22.0 Å². The maximum Gasteiger partial charge on any atom is 0.128 e. The van der Waals surface area contributed by atoms with Crippen LogP contribution >= 0.6 is 0 Å². The van der Waals surface area contributed by atoms with Gasteiger partial charge in [0.15, 0.2) is 0 Å². The lowest BCUT2D eigenvalue weighted by atomic mass is 9.94. The summed E-state index contributed by atoms with van der Waals surface area (Å²) in [5, 5.41) is 4.27.